The van der Waals surface area contributed by atoms with Gasteiger partial charge in [-0.2, -0.15) is 0 Å². The Hall–Kier alpha value is -0.480. The summed E-state index contributed by atoms with van der Waals surface area (Å²) in [6.07, 6.45) is 5.20. The second-order valence-corrected chi connectivity index (χ2v) is 7.21. The average molecular weight is 378 g/mol. The highest BCUT2D eigenvalue weighted by atomic mass is 35.5. The van der Waals surface area contributed by atoms with E-state index in [1.54, 1.807) is 0 Å². The van der Waals surface area contributed by atoms with Crippen LogP contribution >= 0.6 is 35.6 Å². The highest BCUT2D eigenvalue weighted by Gasteiger charge is 2.39. The van der Waals surface area contributed by atoms with Gasteiger partial charge in [-0.15, -0.1) is 12.4 Å². The van der Waals surface area contributed by atoms with Crippen molar-refractivity contribution in [2.24, 2.45) is 17.6 Å². The number of hydrogen-bond donors (Lipinski definition) is 1. The first-order valence-corrected chi connectivity index (χ1v) is 8.83. The topological polar surface area (TPSA) is 46.3 Å². The smallest absolute Gasteiger partial charge is 0.226 e. The monoisotopic (exact) mass is 376 g/mol. The molecule has 1 amide bonds. The van der Waals surface area contributed by atoms with Crippen molar-refractivity contribution < 1.29 is 4.79 Å². The van der Waals surface area contributed by atoms with Gasteiger partial charge in [-0.1, -0.05) is 35.7 Å². The first kappa shape index (κ1) is 18.9. The Morgan fingerprint density at radius 2 is 1.96 bits per heavy atom. The van der Waals surface area contributed by atoms with Gasteiger partial charge in [-0.3, -0.25) is 4.79 Å². The van der Waals surface area contributed by atoms with Crippen LogP contribution in [0, 0.1) is 11.8 Å². The summed E-state index contributed by atoms with van der Waals surface area (Å²) >= 11 is 12.1. The molecule has 3 nitrogen and oxygen atoms in total. The van der Waals surface area contributed by atoms with Crippen molar-refractivity contribution in [2.45, 2.75) is 38.1 Å². The molecule has 128 valence electrons. The third kappa shape index (κ3) is 3.79. The minimum Gasteiger partial charge on any atom is -0.335 e. The van der Waals surface area contributed by atoms with Gasteiger partial charge in [0.1, 0.15) is 0 Å². The molecule has 6 heteroatoms. The summed E-state index contributed by atoms with van der Waals surface area (Å²) in [7, 11) is 0. The van der Waals surface area contributed by atoms with Crippen LogP contribution in [0.15, 0.2) is 18.2 Å². The van der Waals surface area contributed by atoms with Gasteiger partial charge in [-0.05, 0) is 55.8 Å². The lowest BCUT2D eigenvalue weighted by Crippen LogP contribution is -2.38. The minimum atomic E-state index is 0. The summed E-state index contributed by atoms with van der Waals surface area (Å²) in [4.78, 5) is 15.0. The number of rotatable bonds is 3. The van der Waals surface area contributed by atoms with E-state index in [2.05, 4.69) is 0 Å². The lowest BCUT2D eigenvalue weighted by atomic mass is 9.94. The molecule has 0 spiro atoms. The van der Waals surface area contributed by atoms with Gasteiger partial charge in [-0.25, -0.2) is 0 Å². The quantitative estimate of drug-likeness (QED) is 0.845. The average Bonchev–Trinajstić information content (AvgIpc) is 3.17. The van der Waals surface area contributed by atoms with Crippen LogP contribution in [-0.2, 0) is 4.79 Å². The van der Waals surface area contributed by atoms with E-state index < -0.39 is 0 Å². The fourth-order valence-electron chi connectivity index (χ4n) is 3.95. The summed E-state index contributed by atoms with van der Waals surface area (Å²) in [5.74, 6) is 0.734. The van der Waals surface area contributed by atoms with Crippen LogP contribution in [0.1, 0.15) is 43.7 Å². The molecule has 2 aliphatic rings. The first-order chi connectivity index (χ1) is 10.6. The summed E-state index contributed by atoms with van der Waals surface area (Å²) in [5.41, 5.74) is 6.93. The molecule has 1 saturated heterocycles. The van der Waals surface area contributed by atoms with Crippen molar-refractivity contribution >= 4 is 41.5 Å². The molecule has 1 aliphatic heterocycles. The molecule has 2 N–H and O–H groups in total. The van der Waals surface area contributed by atoms with Gasteiger partial charge in [0.05, 0.1) is 16.1 Å². The van der Waals surface area contributed by atoms with Gasteiger partial charge in [0.2, 0.25) is 5.91 Å². The zero-order valence-corrected chi connectivity index (χ0v) is 15.3. The molecule has 2 fully saturated rings. The molecule has 23 heavy (non-hydrogen) atoms. The summed E-state index contributed by atoms with van der Waals surface area (Å²) in [6, 6.07) is 5.83. The summed E-state index contributed by atoms with van der Waals surface area (Å²) in [5, 5.41) is 1.11. The number of likely N-dealkylation sites (tertiary alicyclic amines) is 1. The van der Waals surface area contributed by atoms with Crippen LogP contribution < -0.4 is 5.73 Å². The Bertz CT molecular complexity index is 567. The number of nitrogens with two attached hydrogens (primary N) is 1. The van der Waals surface area contributed by atoms with Gasteiger partial charge in [0, 0.05) is 12.5 Å². The van der Waals surface area contributed by atoms with Crippen molar-refractivity contribution in [2.75, 3.05) is 13.1 Å². The van der Waals surface area contributed by atoms with E-state index in [1.807, 2.05) is 23.1 Å². The Morgan fingerprint density at radius 1 is 1.17 bits per heavy atom. The fourth-order valence-corrected chi connectivity index (χ4v) is 4.26. The Morgan fingerprint density at radius 3 is 2.65 bits per heavy atom. The SMILES string of the molecule is Cl.NC[C@H]1CCC[C@H]1C(=O)N1CCCC1c1ccc(Cl)c(Cl)c1. The second-order valence-electron chi connectivity index (χ2n) is 6.40. The molecular formula is C17H23Cl3N2O. The Balaban J connectivity index is 0.00000192. The second kappa shape index (κ2) is 8.06. The van der Waals surface area contributed by atoms with E-state index in [4.69, 9.17) is 28.9 Å². The van der Waals surface area contributed by atoms with Crippen LogP contribution in [-0.4, -0.2) is 23.9 Å². The van der Waals surface area contributed by atoms with Gasteiger partial charge in [0.25, 0.3) is 0 Å². The van der Waals surface area contributed by atoms with Crippen molar-refractivity contribution in [3.8, 4) is 0 Å². The maximum Gasteiger partial charge on any atom is 0.226 e. The van der Waals surface area contributed by atoms with Crippen molar-refractivity contribution in [1.29, 1.82) is 0 Å². The van der Waals surface area contributed by atoms with Crippen molar-refractivity contribution in [3.63, 3.8) is 0 Å². The van der Waals surface area contributed by atoms with Gasteiger partial charge in [0.15, 0.2) is 0 Å². The van der Waals surface area contributed by atoms with Crippen LogP contribution in [0.25, 0.3) is 0 Å². The summed E-state index contributed by atoms with van der Waals surface area (Å²) < 4.78 is 0. The standard InChI is InChI=1S/C17H22Cl2N2O.ClH/c18-14-7-6-11(9-15(14)19)16-5-2-8-21(16)17(22)13-4-1-3-12(13)10-20;/h6-7,9,12-13,16H,1-5,8,10,20H2;1H/t12-,13-,16?;/m1./s1. The molecule has 0 bridgehead atoms. The predicted molar refractivity (Wildman–Crippen MR) is 97.3 cm³/mol. The van der Waals surface area contributed by atoms with E-state index >= 15 is 0 Å². The molecule has 1 aromatic rings. The maximum absolute atomic E-state index is 13.0. The zero-order valence-electron chi connectivity index (χ0n) is 13.0. The molecule has 0 aromatic heterocycles. The maximum atomic E-state index is 13.0. The molecule has 1 unspecified atom stereocenters. The molecule has 1 aromatic carbocycles. The summed E-state index contributed by atoms with van der Waals surface area (Å²) in [6.45, 7) is 1.44. The van der Waals surface area contributed by atoms with Crippen LogP contribution in [0.2, 0.25) is 10.0 Å². The Kier molecular flexibility index (Phi) is 6.61. The van der Waals surface area contributed by atoms with Gasteiger partial charge < -0.3 is 10.6 Å². The van der Waals surface area contributed by atoms with Crippen LogP contribution in [0.3, 0.4) is 0 Å². The lowest BCUT2D eigenvalue weighted by molar-refractivity contribution is -0.137. The first-order valence-electron chi connectivity index (χ1n) is 8.07. The van der Waals surface area contributed by atoms with E-state index in [-0.39, 0.29) is 30.3 Å². The number of hydrogen-bond acceptors (Lipinski definition) is 2. The third-order valence-electron chi connectivity index (χ3n) is 5.14. The molecule has 1 heterocycles. The largest absolute Gasteiger partial charge is 0.335 e. The van der Waals surface area contributed by atoms with E-state index in [0.717, 1.165) is 44.2 Å². The molecule has 1 aliphatic carbocycles. The normalized spacial score (nSPS) is 27.1. The zero-order chi connectivity index (χ0) is 15.7. The molecule has 0 radical (unpaired) electrons. The molecule has 1 saturated carbocycles. The van der Waals surface area contributed by atoms with E-state index in [9.17, 15) is 4.79 Å². The van der Waals surface area contributed by atoms with E-state index in [1.165, 1.54) is 0 Å². The Labute approximate surface area is 153 Å². The van der Waals surface area contributed by atoms with Crippen LogP contribution in [0.5, 0.6) is 0 Å². The number of amides is 1. The third-order valence-corrected chi connectivity index (χ3v) is 5.88. The lowest BCUT2D eigenvalue weighted by Gasteiger charge is -2.30. The predicted octanol–water partition coefficient (Wildman–Crippen LogP) is 4.45. The number of nitrogens with zero attached hydrogens (tertiary/aromatic N) is 1. The number of carbonyl (C=O) groups excluding carboxylic acids is 1. The highest BCUT2D eigenvalue weighted by molar-refractivity contribution is 6.42. The highest BCUT2D eigenvalue weighted by Crippen LogP contribution is 2.39. The van der Waals surface area contributed by atoms with E-state index in [0.29, 0.717) is 22.5 Å². The fraction of sp³-hybridized carbons (Fsp3) is 0.588. The minimum absolute atomic E-state index is 0. The number of halogens is 3. The number of benzene rings is 1. The van der Waals surface area contributed by atoms with Gasteiger partial charge >= 0.3 is 0 Å². The molecule has 3 rings (SSSR count). The van der Waals surface area contributed by atoms with Crippen molar-refractivity contribution in [1.82, 2.24) is 4.90 Å². The van der Waals surface area contributed by atoms with Crippen molar-refractivity contribution in [3.05, 3.63) is 33.8 Å². The van der Waals surface area contributed by atoms with Crippen LogP contribution in [0.4, 0.5) is 0 Å². The molecular weight excluding hydrogens is 355 g/mol. The number of carbonyl (C=O) groups is 1. The molecule has 3 atom stereocenters.